The Morgan fingerprint density at radius 2 is 2.19 bits per heavy atom. The van der Waals surface area contributed by atoms with Crippen LogP contribution in [0.4, 0.5) is 5.69 Å². The summed E-state index contributed by atoms with van der Waals surface area (Å²) in [5.74, 6) is 0.318. The van der Waals surface area contributed by atoms with Crippen LogP contribution in [0.25, 0.3) is 0 Å². The van der Waals surface area contributed by atoms with Crippen LogP contribution in [0, 0.1) is 5.92 Å². The van der Waals surface area contributed by atoms with Crippen LogP contribution in [-0.2, 0) is 10.2 Å². The molecule has 4 atom stereocenters. The minimum atomic E-state index is 0.0380. The van der Waals surface area contributed by atoms with Gasteiger partial charge in [0.2, 0.25) is 0 Å². The maximum Gasteiger partial charge on any atom is 0.148 e. The van der Waals surface area contributed by atoms with Crippen molar-refractivity contribution in [3.8, 4) is 0 Å². The minimum Gasteiger partial charge on any atom is -0.357 e. The molecule has 0 amide bonds. The van der Waals surface area contributed by atoms with Crippen molar-refractivity contribution in [1.29, 1.82) is 0 Å². The van der Waals surface area contributed by atoms with Gasteiger partial charge in [-0.15, -0.1) is 0 Å². The summed E-state index contributed by atoms with van der Waals surface area (Å²) in [6.45, 7) is 8.12. The van der Waals surface area contributed by atoms with Crippen molar-refractivity contribution in [2.45, 2.75) is 51.0 Å². The van der Waals surface area contributed by atoms with Gasteiger partial charge in [-0.3, -0.25) is 4.79 Å². The second kappa shape index (κ2) is 5.56. The molecule has 136 valence electrons. The summed E-state index contributed by atoms with van der Waals surface area (Å²) in [5.41, 5.74) is 6.47. The number of quaternary nitrogens is 1. The van der Waals surface area contributed by atoms with Crippen LogP contribution in [0.3, 0.4) is 0 Å². The third kappa shape index (κ3) is 1.80. The SMILES string of the molecule is C/C=C1\C[N+]2(CCCC)CC[C@@]34C(=C(C=O)[C@@H]1C[C@H]32)Nc1ccccc14. The average Bonchev–Trinajstić information content (AvgIpc) is 3.20. The molecular weight excluding hydrogens is 320 g/mol. The number of nitrogens with one attached hydrogen (secondary N) is 1. The average molecular weight is 349 g/mol. The van der Waals surface area contributed by atoms with Crippen LogP contribution in [0.15, 0.2) is 47.2 Å². The maximum absolute atomic E-state index is 12.2. The number of para-hydroxylation sites is 1. The number of carbonyl (C=O) groups excluding carboxylic acids is 1. The van der Waals surface area contributed by atoms with E-state index in [9.17, 15) is 4.79 Å². The zero-order valence-corrected chi connectivity index (χ0v) is 15.9. The van der Waals surface area contributed by atoms with E-state index in [1.807, 2.05) is 0 Å². The van der Waals surface area contributed by atoms with Gasteiger partial charge >= 0.3 is 0 Å². The van der Waals surface area contributed by atoms with Gasteiger partial charge in [0.25, 0.3) is 0 Å². The lowest BCUT2D eigenvalue weighted by Crippen LogP contribution is -2.63. The van der Waals surface area contributed by atoms with Crippen molar-refractivity contribution in [2.75, 3.05) is 25.0 Å². The lowest BCUT2D eigenvalue weighted by atomic mass is 9.61. The lowest BCUT2D eigenvalue weighted by molar-refractivity contribution is -0.941. The van der Waals surface area contributed by atoms with Crippen LogP contribution in [0.1, 0.15) is 45.1 Å². The number of anilines is 1. The topological polar surface area (TPSA) is 29.1 Å². The van der Waals surface area contributed by atoms with Crippen molar-refractivity contribution in [3.05, 3.63) is 52.7 Å². The molecule has 2 fully saturated rings. The van der Waals surface area contributed by atoms with Crippen LogP contribution in [-0.4, -0.2) is 36.4 Å². The highest BCUT2D eigenvalue weighted by Gasteiger charge is 2.68. The van der Waals surface area contributed by atoms with Crippen molar-refractivity contribution in [1.82, 2.24) is 0 Å². The Bertz CT molecular complexity index is 838. The van der Waals surface area contributed by atoms with E-state index in [4.69, 9.17) is 0 Å². The molecule has 3 heterocycles. The van der Waals surface area contributed by atoms with E-state index in [1.54, 1.807) is 0 Å². The first-order valence-corrected chi connectivity index (χ1v) is 10.3. The quantitative estimate of drug-likeness (QED) is 0.502. The van der Waals surface area contributed by atoms with E-state index in [0.29, 0.717) is 12.0 Å². The number of rotatable bonds is 4. The number of piperidine rings is 1. The second-order valence-corrected chi connectivity index (χ2v) is 8.69. The van der Waals surface area contributed by atoms with Crippen LogP contribution < -0.4 is 5.32 Å². The van der Waals surface area contributed by atoms with E-state index in [-0.39, 0.29) is 5.41 Å². The predicted molar refractivity (Wildman–Crippen MR) is 105 cm³/mol. The number of fused-ring (bicyclic) bond motifs is 2. The number of nitrogens with zero attached hydrogens (tertiary/aromatic N) is 1. The molecule has 1 aromatic rings. The molecule has 0 radical (unpaired) electrons. The first kappa shape index (κ1) is 16.3. The second-order valence-electron chi connectivity index (χ2n) is 8.69. The molecule has 3 nitrogen and oxygen atoms in total. The van der Waals surface area contributed by atoms with Crippen molar-refractivity contribution in [3.63, 3.8) is 0 Å². The zero-order valence-electron chi connectivity index (χ0n) is 15.9. The number of allylic oxidation sites excluding steroid dienone is 2. The van der Waals surface area contributed by atoms with Gasteiger partial charge in [0, 0.05) is 35.7 Å². The molecule has 5 rings (SSSR count). The summed E-state index contributed by atoms with van der Waals surface area (Å²) in [5, 5.41) is 3.71. The number of hydrogen-bond donors (Lipinski definition) is 1. The van der Waals surface area contributed by atoms with Gasteiger partial charge in [0.05, 0.1) is 18.5 Å². The van der Waals surface area contributed by atoms with E-state index in [2.05, 4.69) is 49.5 Å². The van der Waals surface area contributed by atoms with Gasteiger partial charge in [-0.1, -0.05) is 37.6 Å². The molecule has 2 saturated heterocycles. The van der Waals surface area contributed by atoms with E-state index in [0.717, 1.165) is 24.8 Å². The number of hydrogen-bond acceptors (Lipinski definition) is 2. The number of benzene rings is 1. The highest BCUT2D eigenvalue weighted by molar-refractivity contribution is 5.84. The molecule has 3 aliphatic heterocycles. The van der Waals surface area contributed by atoms with Gasteiger partial charge in [-0.2, -0.15) is 0 Å². The Morgan fingerprint density at radius 1 is 1.35 bits per heavy atom. The molecule has 1 unspecified atom stereocenters. The molecule has 1 spiro atoms. The smallest absolute Gasteiger partial charge is 0.148 e. The largest absolute Gasteiger partial charge is 0.357 e. The monoisotopic (exact) mass is 349 g/mol. The van der Waals surface area contributed by atoms with Crippen LogP contribution >= 0.6 is 0 Å². The van der Waals surface area contributed by atoms with Crippen molar-refractivity contribution >= 4 is 12.0 Å². The Balaban J connectivity index is 1.76. The maximum atomic E-state index is 12.2. The normalized spacial score (nSPS) is 38.2. The Labute approximate surface area is 156 Å². The molecule has 1 aliphatic carbocycles. The molecule has 26 heavy (non-hydrogen) atoms. The Morgan fingerprint density at radius 3 is 2.96 bits per heavy atom. The molecule has 1 N–H and O–H groups in total. The highest BCUT2D eigenvalue weighted by Crippen LogP contribution is 2.63. The van der Waals surface area contributed by atoms with Gasteiger partial charge in [0.1, 0.15) is 18.9 Å². The summed E-state index contributed by atoms with van der Waals surface area (Å²) in [6.07, 6.45) is 8.31. The molecule has 0 saturated carbocycles. The molecule has 2 bridgehead atoms. The zero-order chi connectivity index (χ0) is 17.9. The fraction of sp³-hybridized carbons (Fsp3) is 0.522. The van der Waals surface area contributed by atoms with Crippen molar-refractivity contribution in [2.24, 2.45) is 5.92 Å². The standard InChI is InChI=1S/C23H28N2O/c1-3-5-11-25-12-10-23-19-8-6-7-9-20(19)24-22(23)18(15-26)17(13-21(23)25)16(4-2)14-25/h4,6-9,15,17,21H,3,5,10-14H2,1-2H3/p+1/b16-4+/t17-,21-,23+,25?/m1/s1. The lowest BCUT2D eigenvalue weighted by Gasteiger charge is -2.53. The minimum absolute atomic E-state index is 0.0380. The van der Waals surface area contributed by atoms with Crippen LogP contribution in [0.2, 0.25) is 0 Å². The summed E-state index contributed by atoms with van der Waals surface area (Å²) < 4.78 is 1.23. The summed E-state index contributed by atoms with van der Waals surface area (Å²) in [4.78, 5) is 12.2. The van der Waals surface area contributed by atoms with Gasteiger partial charge in [0.15, 0.2) is 0 Å². The summed E-state index contributed by atoms with van der Waals surface area (Å²) in [6, 6.07) is 9.39. The fourth-order valence-corrected chi connectivity index (χ4v) is 6.70. The van der Waals surface area contributed by atoms with Crippen molar-refractivity contribution < 1.29 is 9.28 Å². The molecule has 4 aliphatic rings. The molecule has 3 heteroatoms. The number of carbonyl (C=O) groups is 1. The Hall–Kier alpha value is -1.87. The molecule has 1 aromatic carbocycles. The fourth-order valence-electron chi connectivity index (χ4n) is 6.70. The number of aldehydes is 1. The van der Waals surface area contributed by atoms with Gasteiger partial charge < -0.3 is 9.80 Å². The first-order valence-electron chi connectivity index (χ1n) is 10.3. The number of unbranched alkanes of at least 4 members (excludes halogenated alkanes) is 1. The summed E-state index contributed by atoms with van der Waals surface area (Å²) >= 11 is 0. The van der Waals surface area contributed by atoms with E-state index >= 15 is 0 Å². The first-order chi connectivity index (χ1) is 12.7. The van der Waals surface area contributed by atoms with E-state index in [1.165, 1.54) is 59.4 Å². The van der Waals surface area contributed by atoms with Crippen LogP contribution in [0.5, 0.6) is 0 Å². The third-order valence-corrected chi connectivity index (χ3v) is 7.82. The molecular formula is C23H29N2O+. The van der Waals surface area contributed by atoms with E-state index < -0.39 is 0 Å². The Kier molecular flexibility index (Phi) is 3.49. The molecule has 0 aromatic heterocycles. The highest BCUT2D eigenvalue weighted by atomic mass is 16.1. The summed E-state index contributed by atoms with van der Waals surface area (Å²) in [7, 11) is 0. The van der Waals surface area contributed by atoms with Gasteiger partial charge in [-0.05, 0) is 30.5 Å². The van der Waals surface area contributed by atoms with Gasteiger partial charge in [-0.25, -0.2) is 0 Å². The third-order valence-electron chi connectivity index (χ3n) is 7.82. The predicted octanol–water partition coefficient (Wildman–Crippen LogP) is 4.17.